The highest BCUT2D eigenvalue weighted by molar-refractivity contribution is 5.79. The Kier molecular flexibility index (Phi) is 5.28. The summed E-state index contributed by atoms with van der Waals surface area (Å²) in [6.07, 6.45) is -5.73. The number of ketones is 1. The first-order valence-electron chi connectivity index (χ1n) is 7.33. The zero-order valence-corrected chi connectivity index (χ0v) is 12.7. The molecule has 0 aromatic heterocycles. The van der Waals surface area contributed by atoms with Crippen molar-refractivity contribution in [3.63, 3.8) is 0 Å². The summed E-state index contributed by atoms with van der Waals surface area (Å²) in [5.74, 6) is -0.788. The third-order valence-electron chi connectivity index (χ3n) is 3.97. The molecule has 1 aromatic rings. The molecule has 1 amide bonds. The fourth-order valence-corrected chi connectivity index (χ4v) is 2.65. The molecule has 1 saturated heterocycles. The monoisotopic (exact) mass is 329 g/mol. The lowest BCUT2D eigenvalue weighted by atomic mass is 9.90. The first-order chi connectivity index (χ1) is 10.8. The van der Waals surface area contributed by atoms with E-state index in [0.717, 1.165) is 0 Å². The number of alkyl halides is 3. The second kappa shape index (κ2) is 7.02. The molecule has 1 aliphatic rings. The molecule has 2 rings (SSSR count). The quantitative estimate of drug-likeness (QED) is 0.852. The second-order valence-electron chi connectivity index (χ2n) is 5.63. The van der Waals surface area contributed by atoms with Crippen LogP contribution in [-0.4, -0.2) is 35.5 Å². The van der Waals surface area contributed by atoms with E-state index in [4.69, 9.17) is 4.74 Å². The highest BCUT2D eigenvalue weighted by Crippen LogP contribution is 2.34. The Morgan fingerprint density at radius 2 is 1.87 bits per heavy atom. The Bertz CT molecular complexity index is 559. The van der Waals surface area contributed by atoms with E-state index in [2.05, 4.69) is 0 Å². The first kappa shape index (κ1) is 17.3. The topological polar surface area (TPSA) is 46.6 Å². The van der Waals surface area contributed by atoms with Crippen LogP contribution in [0.2, 0.25) is 0 Å². The van der Waals surface area contributed by atoms with Gasteiger partial charge < -0.3 is 4.74 Å². The van der Waals surface area contributed by atoms with Gasteiger partial charge in [0.05, 0.1) is 0 Å². The first-order valence-corrected chi connectivity index (χ1v) is 7.33. The maximum atomic E-state index is 13.1. The van der Waals surface area contributed by atoms with Crippen molar-refractivity contribution in [1.82, 2.24) is 4.90 Å². The van der Waals surface area contributed by atoms with E-state index < -0.39 is 24.2 Å². The Labute approximate surface area is 132 Å². The number of amides is 1. The van der Waals surface area contributed by atoms with Crippen LogP contribution < -0.4 is 0 Å². The Morgan fingerprint density at radius 1 is 1.22 bits per heavy atom. The van der Waals surface area contributed by atoms with Crippen molar-refractivity contribution < 1.29 is 27.5 Å². The van der Waals surface area contributed by atoms with Gasteiger partial charge in [-0.1, -0.05) is 30.3 Å². The standard InChI is InChI=1S/C16H18F3NO3/c1-11(21)13-7-8-14(16(17,18)19)20(9-13)15(22)23-10-12-5-3-2-4-6-12/h2-6,13-14H,7-10H2,1H3/t13?,14-/m0/s1. The summed E-state index contributed by atoms with van der Waals surface area (Å²) < 4.78 is 44.3. The zero-order valence-electron chi connectivity index (χ0n) is 12.7. The van der Waals surface area contributed by atoms with Crippen molar-refractivity contribution in [2.45, 2.75) is 38.6 Å². The maximum Gasteiger partial charge on any atom is 0.410 e. The van der Waals surface area contributed by atoms with Gasteiger partial charge in [-0.25, -0.2) is 4.79 Å². The molecule has 126 valence electrons. The average molecular weight is 329 g/mol. The lowest BCUT2D eigenvalue weighted by molar-refractivity contribution is -0.189. The minimum absolute atomic E-state index is 0.106. The highest BCUT2D eigenvalue weighted by Gasteiger charge is 2.49. The number of hydrogen-bond acceptors (Lipinski definition) is 3. The van der Waals surface area contributed by atoms with Gasteiger partial charge in [0.2, 0.25) is 0 Å². The predicted octanol–water partition coefficient (Wildman–Crippen LogP) is 3.56. The summed E-state index contributed by atoms with van der Waals surface area (Å²) >= 11 is 0. The van der Waals surface area contributed by atoms with Crippen molar-refractivity contribution in [1.29, 1.82) is 0 Å². The molecule has 0 bridgehead atoms. The maximum absolute atomic E-state index is 13.1. The van der Waals surface area contributed by atoms with Crippen molar-refractivity contribution in [3.05, 3.63) is 35.9 Å². The largest absolute Gasteiger partial charge is 0.445 e. The number of rotatable bonds is 3. The lowest BCUT2D eigenvalue weighted by Gasteiger charge is -2.38. The summed E-state index contributed by atoms with van der Waals surface area (Å²) in [5, 5.41) is 0. The molecule has 23 heavy (non-hydrogen) atoms. The van der Waals surface area contributed by atoms with Gasteiger partial charge in [0.1, 0.15) is 18.4 Å². The Balaban J connectivity index is 2.07. The van der Waals surface area contributed by atoms with Gasteiger partial charge in [-0.3, -0.25) is 9.69 Å². The van der Waals surface area contributed by atoms with Gasteiger partial charge in [0, 0.05) is 12.5 Å². The second-order valence-corrected chi connectivity index (χ2v) is 5.63. The van der Waals surface area contributed by atoms with E-state index in [0.29, 0.717) is 10.5 Å². The van der Waals surface area contributed by atoms with Crippen LogP contribution in [0.15, 0.2) is 30.3 Å². The van der Waals surface area contributed by atoms with E-state index in [1.165, 1.54) is 6.92 Å². The number of halogens is 3. The molecule has 7 heteroatoms. The summed E-state index contributed by atoms with van der Waals surface area (Å²) in [5.41, 5.74) is 0.685. The van der Waals surface area contributed by atoms with Crippen LogP contribution in [0.5, 0.6) is 0 Å². The van der Waals surface area contributed by atoms with E-state index in [1.54, 1.807) is 30.3 Å². The zero-order chi connectivity index (χ0) is 17.0. The molecule has 0 radical (unpaired) electrons. The Hall–Kier alpha value is -2.05. The van der Waals surface area contributed by atoms with Gasteiger partial charge in [0.15, 0.2) is 0 Å². The number of Topliss-reactive ketones (excluding diaryl/α,β-unsaturated/α-hetero) is 1. The number of ether oxygens (including phenoxy) is 1. The molecule has 0 spiro atoms. The van der Waals surface area contributed by atoms with Crippen LogP contribution >= 0.6 is 0 Å². The molecular formula is C16H18F3NO3. The minimum atomic E-state index is -4.53. The molecule has 2 atom stereocenters. The normalized spacial score (nSPS) is 21.8. The van der Waals surface area contributed by atoms with Crippen LogP contribution in [0, 0.1) is 5.92 Å². The number of piperidine rings is 1. The number of benzene rings is 1. The summed E-state index contributed by atoms with van der Waals surface area (Å²) in [4.78, 5) is 24.2. The predicted molar refractivity (Wildman–Crippen MR) is 76.6 cm³/mol. The molecule has 0 N–H and O–H groups in total. The number of carbonyl (C=O) groups excluding carboxylic acids is 2. The number of nitrogens with zero attached hydrogens (tertiary/aromatic N) is 1. The summed E-state index contributed by atoms with van der Waals surface area (Å²) in [7, 11) is 0. The third kappa shape index (κ3) is 4.46. The van der Waals surface area contributed by atoms with Crippen molar-refractivity contribution in [2.24, 2.45) is 5.92 Å². The Morgan fingerprint density at radius 3 is 2.43 bits per heavy atom. The fraction of sp³-hybridized carbons (Fsp3) is 0.500. The molecule has 1 aromatic carbocycles. The van der Waals surface area contributed by atoms with Crippen molar-refractivity contribution >= 4 is 11.9 Å². The van der Waals surface area contributed by atoms with Crippen LogP contribution in [0.25, 0.3) is 0 Å². The van der Waals surface area contributed by atoms with Gasteiger partial charge >= 0.3 is 12.3 Å². The van der Waals surface area contributed by atoms with Gasteiger partial charge in [-0.05, 0) is 25.3 Å². The van der Waals surface area contributed by atoms with Crippen LogP contribution in [-0.2, 0) is 16.1 Å². The van der Waals surface area contributed by atoms with Gasteiger partial charge in [-0.15, -0.1) is 0 Å². The van der Waals surface area contributed by atoms with Gasteiger partial charge in [-0.2, -0.15) is 13.2 Å². The lowest BCUT2D eigenvalue weighted by Crippen LogP contribution is -2.54. The molecule has 1 heterocycles. The van der Waals surface area contributed by atoms with Crippen molar-refractivity contribution in [3.8, 4) is 0 Å². The average Bonchev–Trinajstić information content (AvgIpc) is 2.52. The molecular weight excluding hydrogens is 311 g/mol. The number of likely N-dealkylation sites (tertiary alicyclic amines) is 1. The highest BCUT2D eigenvalue weighted by atomic mass is 19.4. The molecule has 1 aliphatic heterocycles. The SMILES string of the molecule is CC(=O)C1CC[C@@H](C(F)(F)F)N(C(=O)OCc2ccccc2)C1. The van der Waals surface area contributed by atoms with Gasteiger partial charge in [0.25, 0.3) is 0 Å². The fourth-order valence-electron chi connectivity index (χ4n) is 2.65. The van der Waals surface area contributed by atoms with Crippen LogP contribution in [0.4, 0.5) is 18.0 Å². The van der Waals surface area contributed by atoms with Crippen molar-refractivity contribution in [2.75, 3.05) is 6.54 Å². The molecule has 0 aliphatic carbocycles. The molecule has 0 saturated carbocycles. The number of carbonyl (C=O) groups is 2. The number of hydrogen-bond donors (Lipinski definition) is 0. The molecule has 1 unspecified atom stereocenters. The van der Waals surface area contributed by atoms with E-state index >= 15 is 0 Å². The molecule has 4 nitrogen and oxygen atoms in total. The van der Waals surface area contributed by atoms with E-state index in [1.807, 2.05) is 0 Å². The van der Waals surface area contributed by atoms with E-state index in [9.17, 15) is 22.8 Å². The summed E-state index contributed by atoms with van der Waals surface area (Å²) in [6, 6.07) is 6.79. The third-order valence-corrected chi connectivity index (χ3v) is 3.97. The van der Waals surface area contributed by atoms with Crippen LogP contribution in [0.3, 0.4) is 0 Å². The molecule has 1 fully saturated rings. The van der Waals surface area contributed by atoms with Crippen LogP contribution in [0.1, 0.15) is 25.3 Å². The van der Waals surface area contributed by atoms with E-state index in [-0.39, 0.29) is 31.8 Å². The minimum Gasteiger partial charge on any atom is -0.445 e. The summed E-state index contributed by atoms with van der Waals surface area (Å²) in [6.45, 7) is 0.963. The smallest absolute Gasteiger partial charge is 0.410 e.